The number of fused-ring (bicyclic) bond motifs is 1. The van der Waals surface area contributed by atoms with Crippen LogP contribution in [0.2, 0.25) is 0 Å². The Kier molecular flexibility index (Phi) is 3.82. The minimum Gasteiger partial charge on any atom is -0.423 e. The summed E-state index contributed by atoms with van der Waals surface area (Å²) in [5.74, 6) is -2.39. The number of hydrogen-bond acceptors (Lipinski definition) is 3. The van der Waals surface area contributed by atoms with E-state index in [4.69, 9.17) is 4.65 Å². The number of rotatable bonds is 3. The van der Waals surface area contributed by atoms with Gasteiger partial charge in [0.15, 0.2) is 5.78 Å². The Balaban J connectivity index is 1.90. The maximum absolute atomic E-state index is 13.7. The van der Waals surface area contributed by atoms with Crippen LogP contribution in [0.25, 0.3) is 0 Å². The smallest absolute Gasteiger partial charge is 0.423 e. The summed E-state index contributed by atoms with van der Waals surface area (Å²) >= 11 is 0. The molecule has 0 bridgehead atoms. The number of benzene rings is 2. The lowest BCUT2D eigenvalue weighted by molar-refractivity contribution is 0.0983. The Morgan fingerprint density at radius 2 is 1.87 bits per heavy atom. The second kappa shape index (κ2) is 5.55. The van der Waals surface area contributed by atoms with Crippen molar-refractivity contribution in [2.45, 2.75) is 25.9 Å². The van der Waals surface area contributed by atoms with Gasteiger partial charge in [-0.3, -0.25) is 4.79 Å². The molecule has 1 N–H and O–H groups in total. The average molecular weight is 316 g/mol. The topological polar surface area (TPSA) is 46.5 Å². The number of hydrogen-bond donors (Lipinski definition) is 1. The van der Waals surface area contributed by atoms with Crippen molar-refractivity contribution < 1.29 is 23.3 Å². The standard InChI is InChI=1S/C17H15BF2O3/c1-17(2)11-7-6-10(8-12(11)18(22)23-17)9-15(21)16-13(19)4-3-5-14(16)20/h3-8,22H,9H2,1-2H3. The van der Waals surface area contributed by atoms with Crippen LogP contribution < -0.4 is 5.46 Å². The lowest BCUT2D eigenvalue weighted by Gasteiger charge is -2.19. The highest BCUT2D eigenvalue weighted by Gasteiger charge is 2.40. The van der Waals surface area contributed by atoms with Gasteiger partial charge in [0.1, 0.15) is 11.6 Å². The molecule has 0 saturated heterocycles. The van der Waals surface area contributed by atoms with E-state index < -0.39 is 35.7 Å². The molecule has 0 unspecified atom stereocenters. The van der Waals surface area contributed by atoms with Crippen molar-refractivity contribution in [2.75, 3.05) is 0 Å². The molecule has 0 atom stereocenters. The Labute approximate surface area is 133 Å². The van der Waals surface area contributed by atoms with E-state index in [0.717, 1.165) is 17.7 Å². The first-order chi connectivity index (χ1) is 10.8. The summed E-state index contributed by atoms with van der Waals surface area (Å²) < 4.78 is 32.8. The zero-order chi connectivity index (χ0) is 16.8. The van der Waals surface area contributed by atoms with E-state index in [1.54, 1.807) is 18.2 Å². The molecule has 1 heterocycles. The van der Waals surface area contributed by atoms with Crippen LogP contribution in [0.5, 0.6) is 0 Å². The van der Waals surface area contributed by atoms with E-state index in [1.807, 2.05) is 13.8 Å². The summed E-state index contributed by atoms with van der Waals surface area (Å²) in [5, 5.41) is 9.95. The zero-order valence-corrected chi connectivity index (χ0v) is 12.8. The van der Waals surface area contributed by atoms with Crippen molar-refractivity contribution in [3.8, 4) is 0 Å². The fraction of sp³-hybridized carbons (Fsp3) is 0.235. The minimum atomic E-state index is -1.07. The van der Waals surface area contributed by atoms with E-state index in [1.165, 1.54) is 6.07 Å². The van der Waals surface area contributed by atoms with Gasteiger partial charge >= 0.3 is 7.12 Å². The fourth-order valence-electron chi connectivity index (χ4n) is 2.92. The lowest BCUT2D eigenvalue weighted by Crippen LogP contribution is -2.29. The van der Waals surface area contributed by atoms with Gasteiger partial charge in [-0.1, -0.05) is 24.3 Å². The van der Waals surface area contributed by atoms with Crippen molar-refractivity contribution in [3.63, 3.8) is 0 Å². The van der Waals surface area contributed by atoms with Crippen LogP contribution in [-0.4, -0.2) is 17.9 Å². The molecule has 0 amide bonds. The summed E-state index contributed by atoms with van der Waals surface area (Å²) in [7, 11) is -1.07. The predicted molar refractivity (Wildman–Crippen MR) is 82.6 cm³/mol. The monoisotopic (exact) mass is 316 g/mol. The molecule has 2 aromatic rings. The van der Waals surface area contributed by atoms with Gasteiger partial charge in [-0.25, -0.2) is 8.78 Å². The van der Waals surface area contributed by atoms with Gasteiger partial charge < -0.3 is 9.68 Å². The third-order valence-electron chi connectivity index (χ3n) is 4.04. The van der Waals surface area contributed by atoms with E-state index in [0.29, 0.717) is 11.0 Å². The summed E-state index contributed by atoms with van der Waals surface area (Å²) in [5.41, 5.74) is 0.823. The van der Waals surface area contributed by atoms with Crippen molar-refractivity contribution in [2.24, 2.45) is 0 Å². The SMILES string of the molecule is CC1(C)OB(O)c2cc(CC(=O)c3c(F)cccc3F)ccc21. The third-order valence-corrected chi connectivity index (χ3v) is 4.04. The van der Waals surface area contributed by atoms with E-state index >= 15 is 0 Å². The molecule has 0 spiro atoms. The van der Waals surface area contributed by atoms with Crippen molar-refractivity contribution >= 4 is 18.4 Å². The molecule has 23 heavy (non-hydrogen) atoms. The van der Waals surface area contributed by atoms with Crippen LogP contribution in [0.15, 0.2) is 36.4 Å². The van der Waals surface area contributed by atoms with Crippen LogP contribution in [0.1, 0.15) is 35.3 Å². The first kappa shape index (κ1) is 15.8. The van der Waals surface area contributed by atoms with Gasteiger partial charge in [0.25, 0.3) is 0 Å². The fourth-order valence-corrected chi connectivity index (χ4v) is 2.92. The minimum absolute atomic E-state index is 0.154. The van der Waals surface area contributed by atoms with E-state index in [9.17, 15) is 18.6 Å². The summed E-state index contributed by atoms with van der Waals surface area (Å²) in [6.07, 6.45) is -0.154. The molecule has 3 rings (SSSR count). The molecule has 0 aliphatic carbocycles. The molecule has 1 aliphatic heterocycles. The molecule has 0 aromatic heterocycles. The molecule has 0 saturated carbocycles. The summed E-state index contributed by atoms with van der Waals surface area (Å²) in [6, 6.07) is 8.45. The molecule has 2 aromatic carbocycles. The van der Waals surface area contributed by atoms with Gasteiger partial charge in [0.2, 0.25) is 0 Å². The second-order valence-corrected chi connectivity index (χ2v) is 6.10. The van der Waals surface area contributed by atoms with Crippen LogP contribution in [0, 0.1) is 11.6 Å². The average Bonchev–Trinajstić information content (AvgIpc) is 2.68. The maximum Gasteiger partial charge on any atom is 0.492 e. The van der Waals surface area contributed by atoms with Crippen LogP contribution in [0.3, 0.4) is 0 Å². The first-order valence-corrected chi connectivity index (χ1v) is 7.26. The highest BCUT2D eigenvalue weighted by atomic mass is 19.1. The predicted octanol–water partition coefficient (Wildman–Crippen LogP) is 2.34. The molecular weight excluding hydrogens is 301 g/mol. The van der Waals surface area contributed by atoms with Crippen LogP contribution >= 0.6 is 0 Å². The Morgan fingerprint density at radius 3 is 2.52 bits per heavy atom. The van der Waals surface area contributed by atoms with Gasteiger partial charge in [0, 0.05) is 6.42 Å². The molecule has 118 valence electrons. The Hall–Kier alpha value is -2.05. The molecule has 0 radical (unpaired) electrons. The Bertz CT molecular complexity index is 769. The highest BCUT2D eigenvalue weighted by molar-refractivity contribution is 6.62. The highest BCUT2D eigenvalue weighted by Crippen LogP contribution is 2.30. The van der Waals surface area contributed by atoms with Gasteiger partial charge in [0.05, 0.1) is 11.2 Å². The maximum atomic E-state index is 13.7. The van der Waals surface area contributed by atoms with Crippen LogP contribution in [0.4, 0.5) is 8.78 Å². The van der Waals surface area contributed by atoms with Crippen LogP contribution in [-0.2, 0) is 16.7 Å². The number of halogens is 2. The molecule has 6 heteroatoms. The summed E-state index contributed by atoms with van der Waals surface area (Å²) in [4.78, 5) is 12.2. The zero-order valence-electron chi connectivity index (χ0n) is 12.8. The normalized spacial score (nSPS) is 15.6. The summed E-state index contributed by atoms with van der Waals surface area (Å²) in [6.45, 7) is 3.67. The van der Waals surface area contributed by atoms with Gasteiger partial charge in [-0.05, 0) is 42.6 Å². The van der Waals surface area contributed by atoms with Crippen molar-refractivity contribution in [1.82, 2.24) is 0 Å². The van der Waals surface area contributed by atoms with Gasteiger partial charge in [-0.15, -0.1) is 0 Å². The number of carbonyl (C=O) groups is 1. The second-order valence-electron chi connectivity index (χ2n) is 6.10. The molecule has 0 fully saturated rings. The lowest BCUT2D eigenvalue weighted by atomic mass is 9.77. The number of ketones is 1. The quantitative estimate of drug-likeness (QED) is 0.698. The van der Waals surface area contributed by atoms with Crippen molar-refractivity contribution in [1.29, 1.82) is 0 Å². The molecule has 3 nitrogen and oxygen atoms in total. The molecule has 1 aliphatic rings. The van der Waals surface area contributed by atoms with Gasteiger partial charge in [-0.2, -0.15) is 0 Å². The number of Topliss-reactive ketones (excluding diaryl/α,β-unsaturated/α-hetero) is 1. The van der Waals surface area contributed by atoms with E-state index in [2.05, 4.69) is 0 Å². The van der Waals surface area contributed by atoms with E-state index in [-0.39, 0.29) is 6.42 Å². The number of carbonyl (C=O) groups excluding carboxylic acids is 1. The molecular formula is C17H15BF2O3. The van der Waals surface area contributed by atoms with Crippen molar-refractivity contribution in [3.05, 3.63) is 64.7 Å². The Morgan fingerprint density at radius 1 is 1.22 bits per heavy atom. The third kappa shape index (κ3) is 2.80. The first-order valence-electron chi connectivity index (χ1n) is 7.26. The largest absolute Gasteiger partial charge is 0.492 e.